The molecule has 0 bridgehead atoms. The molecule has 94 valence electrons. The zero-order valence-electron chi connectivity index (χ0n) is 10.5. The van der Waals surface area contributed by atoms with Gasteiger partial charge in [-0.2, -0.15) is 0 Å². The lowest BCUT2D eigenvalue weighted by Crippen LogP contribution is -2.37. The molecule has 0 spiro atoms. The number of aryl methyl sites for hydroxylation is 1. The van der Waals surface area contributed by atoms with E-state index in [0.717, 1.165) is 6.42 Å². The fourth-order valence-electron chi connectivity index (χ4n) is 2.50. The first-order chi connectivity index (χ1) is 8.22. The van der Waals surface area contributed by atoms with Crippen molar-refractivity contribution in [2.45, 2.75) is 44.8 Å². The largest absolute Gasteiger partial charge is 0.379 e. The van der Waals surface area contributed by atoms with Gasteiger partial charge in [0.05, 0.1) is 12.1 Å². The van der Waals surface area contributed by atoms with Crippen molar-refractivity contribution in [1.29, 1.82) is 0 Å². The Labute approximate surface area is 112 Å². The van der Waals surface area contributed by atoms with Crippen LogP contribution in [0.5, 0.6) is 0 Å². The van der Waals surface area contributed by atoms with Gasteiger partial charge in [-0.05, 0) is 47.3 Å². The van der Waals surface area contributed by atoms with Crippen LogP contribution in [0.25, 0.3) is 0 Å². The number of methoxy groups -OCH3 is 1. The van der Waals surface area contributed by atoms with Crippen LogP contribution in [0.4, 0.5) is 5.69 Å². The molecule has 2 rings (SSSR count). The average molecular weight is 298 g/mol. The molecule has 1 aliphatic rings. The Hall–Kier alpha value is -0.540. The van der Waals surface area contributed by atoms with Crippen molar-refractivity contribution in [1.82, 2.24) is 0 Å². The SMILES string of the molecule is COC1CCCCC1Nc1cccc(C)c1Br. The molecule has 0 radical (unpaired) electrons. The Balaban J connectivity index is 2.11. The van der Waals surface area contributed by atoms with Crippen LogP contribution in [-0.4, -0.2) is 19.3 Å². The summed E-state index contributed by atoms with van der Waals surface area (Å²) in [5, 5.41) is 3.62. The third kappa shape index (κ3) is 3.02. The number of nitrogens with one attached hydrogen (secondary N) is 1. The van der Waals surface area contributed by atoms with Gasteiger partial charge in [0, 0.05) is 17.3 Å². The first-order valence-corrected chi connectivity index (χ1v) is 7.06. The molecule has 1 aromatic rings. The summed E-state index contributed by atoms with van der Waals surface area (Å²) in [6, 6.07) is 6.77. The highest BCUT2D eigenvalue weighted by molar-refractivity contribution is 9.10. The van der Waals surface area contributed by atoms with Gasteiger partial charge in [0.2, 0.25) is 0 Å². The van der Waals surface area contributed by atoms with Crippen LogP contribution in [0.2, 0.25) is 0 Å². The molecule has 2 nitrogen and oxygen atoms in total. The smallest absolute Gasteiger partial charge is 0.0772 e. The molecular formula is C14H20BrNO. The predicted octanol–water partition coefficient (Wildman–Crippen LogP) is 4.13. The molecule has 1 saturated carbocycles. The summed E-state index contributed by atoms with van der Waals surface area (Å²) in [5.74, 6) is 0. The van der Waals surface area contributed by atoms with Gasteiger partial charge in [-0.3, -0.25) is 0 Å². The van der Waals surface area contributed by atoms with Crippen LogP contribution < -0.4 is 5.32 Å². The molecule has 0 aliphatic heterocycles. The van der Waals surface area contributed by atoms with Crippen molar-refractivity contribution >= 4 is 21.6 Å². The lowest BCUT2D eigenvalue weighted by atomic mass is 9.92. The van der Waals surface area contributed by atoms with Crippen LogP contribution in [0.15, 0.2) is 22.7 Å². The van der Waals surface area contributed by atoms with E-state index in [2.05, 4.69) is 46.4 Å². The Morgan fingerprint density at radius 2 is 2.06 bits per heavy atom. The van der Waals surface area contributed by atoms with Gasteiger partial charge in [-0.1, -0.05) is 25.0 Å². The molecule has 1 N–H and O–H groups in total. The van der Waals surface area contributed by atoms with Gasteiger partial charge < -0.3 is 10.1 Å². The zero-order valence-corrected chi connectivity index (χ0v) is 12.1. The van der Waals surface area contributed by atoms with E-state index in [4.69, 9.17) is 4.74 Å². The molecule has 0 heterocycles. The van der Waals surface area contributed by atoms with Crippen molar-refractivity contribution in [3.8, 4) is 0 Å². The van der Waals surface area contributed by atoms with Crippen molar-refractivity contribution < 1.29 is 4.74 Å². The van der Waals surface area contributed by atoms with Crippen molar-refractivity contribution in [3.05, 3.63) is 28.2 Å². The van der Waals surface area contributed by atoms with Gasteiger partial charge in [0.25, 0.3) is 0 Å². The molecule has 0 aromatic heterocycles. The monoisotopic (exact) mass is 297 g/mol. The first kappa shape index (κ1) is 12.9. The van der Waals surface area contributed by atoms with Gasteiger partial charge in [-0.15, -0.1) is 0 Å². The van der Waals surface area contributed by atoms with Gasteiger partial charge in [0.15, 0.2) is 0 Å². The van der Waals surface area contributed by atoms with Crippen LogP contribution >= 0.6 is 15.9 Å². The van der Waals surface area contributed by atoms with E-state index in [1.165, 1.54) is 35.0 Å². The minimum atomic E-state index is 0.344. The highest BCUT2D eigenvalue weighted by Crippen LogP contribution is 2.30. The molecule has 1 aromatic carbocycles. The first-order valence-electron chi connectivity index (χ1n) is 6.27. The normalized spacial score (nSPS) is 24.6. The van der Waals surface area contributed by atoms with E-state index in [1.54, 1.807) is 0 Å². The number of rotatable bonds is 3. The second-order valence-corrected chi connectivity index (χ2v) is 5.54. The van der Waals surface area contributed by atoms with E-state index in [1.807, 2.05) is 7.11 Å². The Morgan fingerprint density at radius 3 is 2.82 bits per heavy atom. The molecule has 1 aliphatic carbocycles. The molecular weight excluding hydrogens is 278 g/mol. The molecule has 0 saturated heterocycles. The molecule has 0 amide bonds. The van der Waals surface area contributed by atoms with Crippen molar-refractivity contribution in [2.75, 3.05) is 12.4 Å². The topological polar surface area (TPSA) is 21.3 Å². The molecule has 2 atom stereocenters. The standard InChI is InChI=1S/C14H20BrNO/c1-10-6-5-8-12(14(10)15)16-11-7-3-4-9-13(11)17-2/h5-6,8,11,13,16H,3-4,7,9H2,1-2H3. The van der Waals surface area contributed by atoms with Crippen LogP contribution in [-0.2, 0) is 4.74 Å². The Kier molecular flexibility index (Phi) is 4.46. The lowest BCUT2D eigenvalue weighted by molar-refractivity contribution is 0.0606. The quantitative estimate of drug-likeness (QED) is 0.906. The summed E-state index contributed by atoms with van der Waals surface area (Å²) in [7, 11) is 1.82. The number of anilines is 1. The lowest BCUT2D eigenvalue weighted by Gasteiger charge is -2.32. The van der Waals surface area contributed by atoms with E-state index >= 15 is 0 Å². The van der Waals surface area contributed by atoms with Crippen LogP contribution in [0.3, 0.4) is 0 Å². The summed E-state index contributed by atoms with van der Waals surface area (Å²) >= 11 is 3.65. The van der Waals surface area contributed by atoms with Crippen LogP contribution in [0.1, 0.15) is 31.2 Å². The minimum absolute atomic E-state index is 0.344. The second kappa shape index (κ2) is 5.87. The number of hydrogen-bond donors (Lipinski definition) is 1. The summed E-state index contributed by atoms with van der Waals surface area (Å²) in [6.45, 7) is 2.12. The van der Waals surface area contributed by atoms with Crippen molar-refractivity contribution in [3.63, 3.8) is 0 Å². The maximum absolute atomic E-state index is 5.57. The number of halogens is 1. The Bertz CT molecular complexity index is 380. The highest BCUT2D eigenvalue weighted by atomic mass is 79.9. The summed E-state index contributed by atoms with van der Waals surface area (Å²) in [6.07, 6.45) is 5.28. The predicted molar refractivity (Wildman–Crippen MR) is 75.6 cm³/mol. The highest BCUT2D eigenvalue weighted by Gasteiger charge is 2.25. The Morgan fingerprint density at radius 1 is 1.29 bits per heavy atom. The minimum Gasteiger partial charge on any atom is -0.379 e. The van der Waals surface area contributed by atoms with Gasteiger partial charge >= 0.3 is 0 Å². The molecule has 2 unspecified atom stereocenters. The molecule has 17 heavy (non-hydrogen) atoms. The van der Waals surface area contributed by atoms with E-state index < -0.39 is 0 Å². The fraction of sp³-hybridized carbons (Fsp3) is 0.571. The third-order valence-electron chi connectivity index (χ3n) is 3.54. The average Bonchev–Trinajstić information content (AvgIpc) is 2.35. The number of ether oxygens (including phenoxy) is 1. The van der Waals surface area contributed by atoms with Crippen LogP contribution in [0, 0.1) is 6.92 Å². The fourth-order valence-corrected chi connectivity index (χ4v) is 2.88. The summed E-state index contributed by atoms with van der Waals surface area (Å²) in [4.78, 5) is 0. The van der Waals surface area contributed by atoms with E-state index in [9.17, 15) is 0 Å². The third-order valence-corrected chi connectivity index (χ3v) is 4.59. The van der Waals surface area contributed by atoms with Gasteiger partial charge in [0.1, 0.15) is 0 Å². The van der Waals surface area contributed by atoms with Crippen molar-refractivity contribution in [2.24, 2.45) is 0 Å². The maximum Gasteiger partial charge on any atom is 0.0772 e. The van der Waals surface area contributed by atoms with Gasteiger partial charge in [-0.25, -0.2) is 0 Å². The number of hydrogen-bond acceptors (Lipinski definition) is 2. The zero-order chi connectivity index (χ0) is 12.3. The summed E-state index contributed by atoms with van der Waals surface area (Å²) < 4.78 is 6.74. The van der Waals surface area contributed by atoms with E-state index in [0.29, 0.717) is 12.1 Å². The molecule has 3 heteroatoms. The number of benzene rings is 1. The maximum atomic E-state index is 5.57. The summed E-state index contributed by atoms with van der Waals surface area (Å²) in [5.41, 5.74) is 2.44. The molecule has 1 fully saturated rings. The van der Waals surface area contributed by atoms with E-state index in [-0.39, 0.29) is 0 Å². The second-order valence-electron chi connectivity index (χ2n) is 4.75.